The van der Waals surface area contributed by atoms with Crippen LogP contribution in [0.15, 0.2) is 0 Å². The van der Waals surface area contributed by atoms with Gasteiger partial charge in [0.05, 0.1) is 5.69 Å². The van der Waals surface area contributed by atoms with Gasteiger partial charge in [0.1, 0.15) is 5.82 Å². The molecule has 0 fully saturated rings. The van der Waals surface area contributed by atoms with Gasteiger partial charge < -0.3 is 4.57 Å². The van der Waals surface area contributed by atoms with Gasteiger partial charge in [-0.15, -0.1) is 0 Å². The van der Waals surface area contributed by atoms with Gasteiger partial charge in [-0.2, -0.15) is 0 Å². The van der Waals surface area contributed by atoms with Crippen molar-refractivity contribution in [1.82, 2.24) is 9.55 Å². The summed E-state index contributed by atoms with van der Waals surface area (Å²) in [6, 6.07) is 0. The fourth-order valence-electron chi connectivity index (χ4n) is 3.69. The highest BCUT2D eigenvalue weighted by Crippen LogP contribution is 2.46. The minimum atomic E-state index is 0.334. The number of hydrogen-bond donors (Lipinski definition) is 0. The summed E-state index contributed by atoms with van der Waals surface area (Å²) >= 11 is 0. The van der Waals surface area contributed by atoms with Crippen LogP contribution in [-0.4, -0.2) is 9.55 Å². The molecule has 88 valence electrons. The molecule has 2 atom stereocenters. The minimum absolute atomic E-state index is 0.334. The average Bonchev–Trinajstić information content (AvgIpc) is 2.64. The van der Waals surface area contributed by atoms with Gasteiger partial charge in [0.15, 0.2) is 0 Å². The zero-order valence-electron chi connectivity index (χ0n) is 10.9. The molecule has 0 amide bonds. The van der Waals surface area contributed by atoms with Gasteiger partial charge in [0, 0.05) is 30.0 Å². The summed E-state index contributed by atoms with van der Waals surface area (Å²) in [6.07, 6.45) is 3.76. The number of fused-ring (bicyclic) bond motifs is 3. The molecule has 0 saturated carbocycles. The lowest BCUT2D eigenvalue weighted by molar-refractivity contribution is 0.374. The maximum absolute atomic E-state index is 4.92. The number of hydrogen-bond acceptors (Lipinski definition) is 1. The zero-order valence-corrected chi connectivity index (χ0v) is 10.9. The quantitative estimate of drug-likeness (QED) is 0.653. The molecule has 1 aromatic rings. The van der Waals surface area contributed by atoms with Crippen LogP contribution in [0.2, 0.25) is 0 Å². The van der Waals surface area contributed by atoms with Crippen molar-refractivity contribution in [2.45, 2.75) is 64.8 Å². The first-order valence-corrected chi connectivity index (χ1v) is 6.59. The van der Waals surface area contributed by atoms with Crippen molar-refractivity contribution in [3.8, 4) is 0 Å². The molecule has 0 spiro atoms. The predicted octanol–water partition coefficient (Wildman–Crippen LogP) is 3.25. The van der Waals surface area contributed by atoms with E-state index in [9.17, 15) is 0 Å². The highest BCUT2D eigenvalue weighted by molar-refractivity contribution is 5.34. The smallest absolute Gasteiger partial charge is 0.109 e. The van der Waals surface area contributed by atoms with Crippen molar-refractivity contribution >= 4 is 0 Å². The third kappa shape index (κ3) is 1.28. The van der Waals surface area contributed by atoms with Crippen LogP contribution in [0.3, 0.4) is 0 Å². The lowest BCUT2D eigenvalue weighted by Gasteiger charge is -2.27. The number of nitrogens with zero attached hydrogens (tertiary/aromatic N) is 2. The van der Waals surface area contributed by atoms with Crippen LogP contribution in [0.25, 0.3) is 0 Å². The van der Waals surface area contributed by atoms with E-state index in [2.05, 4.69) is 32.3 Å². The lowest BCUT2D eigenvalue weighted by Crippen LogP contribution is -2.24. The monoisotopic (exact) mass is 218 g/mol. The second-order valence-electron chi connectivity index (χ2n) is 6.50. The van der Waals surface area contributed by atoms with Crippen molar-refractivity contribution in [3.05, 3.63) is 17.2 Å². The molecule has 0 N–H and O–H groups in total. The summed E-state index contributed by atoms with van der Waals surface area (Å²) in [6.45, 7) is 10.6. The van der Waals surface area contributed by atoms with Gasteiger partial charge in [-0.25, -0.2) is 4.98 Å². The lowest BCUT2D eigenvalue weighted by atomic mass is 9.88. The Hall–Kier alpha value is -0.790. The Balaban J connectivity index is 2.14. The van der Waals surface area contributed by atoms with E-state index in [1.54, 1.807) is 5.69 Å². The van der Waals surface area contributed by atoms with Gasteiger partial charge in [-0.05, 0) is 18.8 Å². The van der Waals surface area contributed by atoms with Crippen molar-refractivity contribution in [2.24, 2.45) is 5.92 Å². The fourth-order valence-corrected chi connectivity index (χ4v) is 3.69. The van der Waals surface area contributed by atoms with Crippen LogP contribution < -0.4 is 0 Å². The van der Waals surface area contributed by atoms with Crippen LogP contribution >= 0.6 is 0 Å². The second-order valence-corrected chi connectivity index (χ2v) is 6.50. The molecule has 2 heterocycles. The topological polar surface area (TPSA) is 17.8 Å². The third-order valence-corrected chi connectivity index (χ3v) is 4.37. The van der Waals surface area contributed by atoms with Crippen molar-refractivity contribution in [1.29, 1.82) is 0 Å². The van der Waals surface area contributed by atoms with Crippen molar-refractivity contribution < 1.29 is 0 Å². The Labute approximate surface area is 98.1 Å². The first kappa shape index (κ1) is 10.4. The summed E-state index contributed by atoms with van der Waals surface area (Å²) in [4.78, 5) is 4.92. The number of aromatic nitrogens is 2. The Morgan fingerprint density at radius 3 is 2.81 bits per heavy atom. The first-order chi connectivity index (χ1) is 7.49. The Bertz CT molecular complexity index is 428. The van der Waals surface area contributed by atoms with Crippen molar-refractivity contribution in [2.75, 3.05) is 0 Å². The van der Waals surface area contributed by atoms with Crippen LogP contribution in [-0.2, 0) is 18.4 Å². The second kappa shape index (κ2) is 3.12. The molecular formula is C14H22N2. The molecule has 1 aliphatic heterocycles. The molecule has 2 unspecified atom stereocenters. The molecule has 1 aliphatic carbocycles. The highest BCUT2D eigenvalue weighted by Gasteiger charge is 2.41. The van der Waals surface area contributed by atoms with E-state index >= 15 is 0 Å². The number of rotatable bonds is 0. The standard InChI is InChI=1S/C14H22N2/c1-9-5-6-16-11(7-9)15-12-10(2)8-14(3,4)13(12)16/h9-10H,5-8H2,1-4H3. The minimum Gasteiger partial charge on any atom is -0.331 e. The molecular weight excluding hydrogens is 196 g/mol. The van der Waals surface area contributed by atoms with E-state index in [-0.39, 0.29) is 0 Å². The van der Waals surface area contributed by atoms with Gasteiger partial charge in [-0.3, -0.25) is 0 Å². The van der Waals surface area contributed by atoms with Crippen molar-refractivity contribution in [3.63, 3.8) is 0 Å². The summed E-state index contributed by atoms with van der Waals surface area (Å²) in [7, 11) is 0. The summed E-state index contributed by atoms with van der Waals surface area (Å²) in [5, 5.41) is 0. The van der Waals surface area contributed by atoms with E-state index in [0.717, 1.165) is 5.92 Å². The summed E-state index contributed by atoms with van der Waals surface area (Å²) in [5.41, 5.74) is 3.27. The number of imidazole rings is 1. The molecule has 16 heavy (non-hydrogen) atoms. The molecule has 0 radical (unpaired) electrons. The summed E-state index contributed by atoms with van der Waals surface area (Å²) < 4.78 is 2.53. The maximum atomic E-state index is 4.92. The van der Waals surface area contributed by atoms with E-state index < -0.39 is 0 Å². The van der Waals surface area contributed by atoms with Crippen LogP contribution in [0.4, 0.5) is 0 Å². The largest absolute Gasteiger partial charge is 0.331 e. The molecule has 0 saturated heterocycles. The van der Waals surface area contributed by atoms with E-state index in [1.165, 1.54) is 37.3 Å². The SMILES string of the molecule is CC1CCn2c(nc3c2C(C)(C)CC3C)C1. The molecule has 2 nitrogen and oxygen atoms in total. The van der Waals surface area contributed by atoms with Crippen LogP contribution in [0, 0.1) is 5.92 Å². The molecule has 0 aromatic carbocycles. The zero-order chi connectivity index (χ0) is 11.5. The van der Waals surface area contributed by atoms with E-state index in [1.807, 2.05) is 0 Å². The third-order valence-electron chi connectivity index (χ3n) is 4.37. The average molecular weight is 218 g/mol. The Morgan fingerprint density at radius 1 is 1.31 bits per heavy atom. The maximum Gasteiger partial charge on any atom is 0.109 e. The molecule has 1 aromatic heterocycles. The van der Waals surface area contributed by atoms with E-state index in [4.69, 9.17) is 4.98 Å². The van der Waals surface area contributed by atoms with Crippen LogP contribution in [0.5, 0.6) is 0 Å². The molecule has 3 rings (SSSR count). The van der Waals surface area contributed by atoms with Gasteiger partial charge >= 0.3 is 0 Å². The first-order valence-electron chi connectivity index (χ1n) is 6.59. The Morgan fingerprint density at radius 2 is 2.06 bits per heavy atom. The van der Waals surface area contributed by atoms with E-state index in [0.29, 0.717) is 11.3 Å². The van der Waals surface area contributed by atoms with Gasteiger partial charge in [0.2, 0.25) is 0 Å². The summed E-state index contributed by atoms with van der Waals surface area (Å²) in [5.74, 6) is 2.82. The molecule has 0 bridgehead atoms. The highest BCUT2D eigenvalue weighted by atomic mass is 15.1. The predicted molar refractivity (Wildman–Crippen MR) is 65.8 cm³/mol. The normalized spacial score (nSPS) is 31.2. The van der Waals surface area contributed by atoms with Crippen LogP contribution in [0.1, 0.15) is 63.7 Å². The van der Waals surface area contributed by atoms with Gasteiger partial charge in [0.25, 0.3) is 0 Å². The van der Waals surface area contributed by atoms with Gasteiger partial charge in [-0.1, -0.05) is 27.7 Å². The Kier molecular flexibility index (Phi) is 2.02. The molecule has 2 aliphatic rings. The fraction of sp³-hybridized carbons (Fsp3) is 0.786. The molecule has 2 heteroatoms.